The number of sulfone groups is 1. The van der Waals surface area contributed by atoms with Crippen molar-refractivity contribution in [3.63, 3.8) is 0 Å². The van der Waals surface area contributed by atoms with Gasteiger partial charge in [-0.3, -0.25) is 4.79 Å². The number of carbonyl (C=O) groups is 1. The highest BCUT2D eigenvalue weighted by molar-refractivity contribution is 7.93. The molecule has 18 heavy (non-hydrogen) atoms. The predicted octanol–water partition coefficient (Wildman–Crippen LogP) is 2.78. The highest BCUT2D eigenvalue weighted by Crippen LogP contribution is 2.17. The second-order valence-electron chi connectivity index (χ2n) is 4.68. The molecule has 2 unspecified atom stereocenters. The molecule has 0 saturated heterocycles. The monoisotopic (exact) mass is 268 g/mol. The third-order valence-corrected chi connectivity index (χ3v) is 5.99. The SMILES string of the molecule is CCC(C)S(=O)(=O)C(C)C(=O)c1ccc(C)cc1. The van der Waals surface area contributed by atoms with Crippen molar-refractivity contribution in [1.29, 1.82) is 0 Å². The van der Waals surface area contributed by atoms with Crippen molar-refractivity contribution in [2.45, 2.75) is 44.6 Å². The van der Waals surface area contributed by atoms with E-state index in [0.717, 1.165) is 5.56 Å². The van der Waals surface area contributed by atoms with Gasteiger partial charge < -0.3 is 0 Å². The molecule has 0 saturated carbocycles. The molecule has 0 aliphatic heterocycles. The molecule has 0 aliphatic carbocycles. The molecule has 2 atom stereocenters. The first-order valence-electron chi connectivity index (χ1n) is 6.14. The van der Waals surface area contributed by atoms with Crippen LogP contribution in [-0.4, -0.2) is 24.7 Å². The van der Waals surface area contributed by atoms with Gasteiger partial charge in [-0.15, -0.1) is 0 Å². The second-order valence-corrected chi connectivity index (χ2v) is 7.37. The zero-order valence-electron chi connectivity index (χ0n) is 11.3. The molecule has 1 aromatic carbocycles. The molecule has 0 aliphatic rings. The third kappa shape index (κ3) is 2.99. The Morgan fingerprint density at radius 1 is 1.17 bits per heavy atom. The minimum atomic E-state index is -3.40. The third-order valence-electron chi connectivity index (χ3n) is 3.33. The Balaban J connectivity index is 3.01. The van der Waals surface area contributed by atoms with Crippen molar-refractivity contribution in [2.24, 2.45) is 0 Å². The lowest BCUT2D eigenvalue weighted by molar-refractivity contribution is 0.0991. The quantitative estimate of drug-likeness (QED) is 0.772. The average molecular weight is 268 g/mol. The summed E-state index contributed by atoms with van der Waals surface area (Å²) in [5.74, 6) is -0.324. The molecule has 0 heterocycles. The molecule has 0 spiro atoms. The first-order chi connectivity index (χ1) is 8.30. The zero-order valence-corrected chi connectivity index (χ0v) is 12.1. The topological polar surface area (TPSA) is 51.2 Å². The summed E-state index contributed by atoms with van der Waals surface area (Å²) in [6.45, 7) is 6.86. The van der Waals surface area contributed by atoms with Crippen molar-refractivity contribution >= 4 is 15.6 Å². The molecule has 0 aromatic heterocycles. The van der Waals surface area contributed by atoms with E-state index in [9.17, 15) is 13.2 Å². The molecule has 0 fully saturated rings. The van der Waals surface area contributed by atoms with Crippen LogP contribution in [0.25, 0.3) is 0 Å². The molecule has 1 rings (SSSR count). The smallest absolute Gasteiger partial charge is 0.180 e. The number of hydrogen-bond acceptors (Lipinski definition) is 3. The fraction of sp³-hybridized carbons (Fsp3) is 0.500. The van der Waals surface area contributed by atoms with E-state index >= 15 is 0 Å². The summed E-state index contributed by atoms with van der Waals surface area (Å²) in [5.41, 5.74) is 1.50. The zero-order chi connectivity index (χ0) is 13.9. The van der Waals surface area contributed by atoms with Crippen molar-refractivity contribution in [3.8, 4) is 0 Å². The molecule has 1 aromatic rings. The molecular weight excluding hydrogens is 248 g/mol. The van der Waals surface area contributed by atoms with E-state index in [-0.39, 0.29) is 5.78 Å². The van der Waals surface area contributed by atoms with Crippen molar-refractivity contribution in [2.75, 3.05) is 0 Å². The number of carbonyl (C=O) groups excluding carboxylic acids is 1. The standard InChI is InChI=1S/C14H20O3S/c1-5-11(3)18(16,17)12(4)14(15)13-8-6-10(2)7-9-13/h6-9,11-12H,5H2,1-4H3. The minimum Gasteiger partial charge on any atom is -0.293 e. The van der Waals surface area contributed by atoms with E-state index in [4.69, 9.17) is 0 Å². The Bertz CT molecular complexity index is 514. The Morgan fingerprint density at radius 3 is 2.11 bits per heavy atom. The highest BCUT2D eigenvalue weighted by Gasteiger charge is 2.32. The van der Waals surface area contributed by atoms with Crippen molar-refractivity contribution in [3.05, 3.63) is 35.4 Å². The van der Waals surface area contributed by atoms with Crippen LogP contribution in [-0.2, 0) is 9.84 Å². The maximum absolute atomic E-state index is 12.1. The second kappa shape index (κ2) is 5.65. The molecule has 0 amide bonds. The summed E-state index contributed by atoms with van der Waals surface area (Å²) in [6.07, 6.45) is 0.522. The fourth-order valence-corrected chi connectivity index (χ4v) is 3.28. The lowest BCUT2D eigenvalue weighted by atomic mass is 10.1. The van der Waals surface area contributed by atoms with Gasteiger partial charge in [0.25, 0.3) is 0 Å². The normalized spacial score (nSPS) is 15.1. The molecule has 0 bridgehead atoms. The van der Waals surface area contributed by atoms with E-state index in [0.29, 0.717) is 12.0 Å². The summed E-state index contributed by atoms with van der Waals surface area (Å²) < 4.78 is 24.2. The van der Waals surface area contributed by atoms with Gasteiger partial charge in [-0.05, 0) is 27.2 Å². The molecule has 0 N–H and O–H groups in total. The molecule has 3 nitrogen and oxygen atoms in total. The van der Waals surface area contributed by atoms with Crippen LogP contribution in [0.4, 0.5) is 0 Å². The number of rotatable bonds is 5. The first-order valence-corrected chi connectivity index (χ1v) is 7.75. The predicted molar refractivity (Wildman–Crippen MR) is 73.6 cm³/mol. The summed E-state index contributed by atoms with van der Waals surface area (Å²) in [6, 6.07) is 6.99. The molecule has 4 heteroatoms. The lowest BCUT2D eigenvalue weighted by Crippen LogP contribution is -2.34. The molecule has 0 radical (unpaired) electrons. The van der Waals surface area contributed by atoms with Gasteiger partial charge >= 0.3 is 0 Å². The van der Waals surface area contributed by atoms with Crippen LogP contribution < -0.4 is 0 Å². The fourth-order valence-electron chi connectivity index (χ4n) is 1.68. The van der Waals surface area contributed by atoms with E-state index in [2.05, 4.69) is 0 Å². The van der Waals surface area contributed by atoms with Crippen molar-refractivity contribution in [1.82, 2.24) is 0 Å². The Labute approximate surface area is 109 Å². The van der Waals surface area contributed by atoms with Crippen molar-refractivity contribution < 1.29 is 13.2 Å². The Kier molecular flexibility index (Phi) is 4.68. The van der Waals surface area contributed by atoms with E-state index in [1.165, 1.54) is 6.92 Å². The van der Waals surface area contributed by atoms with Crippen LogP contribution in [0, 0.1) is 6.92 Å². The highest BCUT2D eigenvalue weighted by atomic mass is 32.2. The van der Waals surface area contributed by atoms with Gasteiger partial charge in [0.1, 0.15) is 5.25 Å². The maximum atomic E-state index is 12.1. The minimum absolute atomic E-state index is 0.324. The molecule has 100 valence electrons. The van der Waals surface area contributed by atoms with Crippen LogP contribution in [0.3, 0.4) is 0 Å². The number of ketones is 1. The van der Waals surface area contributed by atoms with Crippen LogP contribution in [0.15, 0.2) is 24.3 Å². The van der Waals surface area contributed by atoms with Crippen LogP contribution >= 0.6 is 0 Å². The summed E-state index contributed by atoms with van der Waals surface area (Å²) >= 11 is 0. The molecular formula is C14H20O3S. The Hall–Kier alpha value is -1.16. The van der Waals surface area contributed by atoms with E-state index in [1.54, 1.807) is 19.1 Å². The summed E-state index contributed by atoms with van der Waals surface area (Å²) in [5, 5.41) is -1.46. The summed E-state index contributed by atoms with van der Waals surface area (Å²) in [4.78, 5) is 12.1. The van der Waals surface area contributed by atoms with Gasteiger partial charge in [0, 0.05) is 5.56 Å². The first kappa shape index (κ1) is 14.9. The number of Topliss-reactive ketones (excluding diaryl/α,β-unsaturated/α-hetero) is 1. The van der Waals surface area contributed by atoms with Gasteiger partial charge in [0.05, 0.1) is 5.25 Å². The van der Waals surface area contributed by atoms with Gasteiger partial charge in [0.2, 0.25) is 0 Å². The van der Waals surface area contributed by atoms with E-state index in [1.807, 2.05) is 26.0 Å². The van der Waals surface area contributed by atoms with E-state index < -0.39 is 20.3 Å². The number of benzene rings is 1. The largest absolute Gasteiger partial charge is 0.293 e. The lowest BCUT2D eigenvalue weighted by Gasteiger charge is -2.16. The average Bonchev–Trinajstić information content (AvgIpc) is 2.36. The van der Waals surface area contributed by atoms with Crippen LogP contribution in [0.2, 0.25) is 0 Å². The van der Waals surface area contributed by atoms with Gasteiger partial charge in [-0.2, -0.15) is 0 Å². The van der Waals surface area contributed by atoms with Gasteiger partial charge in [-0.1, -0.05) is 36.8 Å². The van der Waals surface area contributed by atoms with Crippen LogP contribution in [0.5, 0.6) is 0 Å². The van der Waals surface area contributed by atoms with Gasteiger partial charge in [-0.25, -0.2) is 8.42 Å². The van der Waals surface area contributed by atoms with Gasteiger partial charge in [0.15, 0.2) is 15.6 Å². The van der Waals surface area contributed by atoms with Crippen LogP contribution in [0.1, 0.15) is 43.1 Å². The summed E-state index contributed by atoms with van der Waals surface area (Å²) in [7, 11) is -3.40. The Morgan fingerprint density at radius 2 is 1.67 bits per heavy atom. The maximum Gasteiger partial charge on any atom is 0.180 e. The number of hydrogen-bond donors (Lipinski definition) is 0. The number of aryl methyl sites for hydroxylation is 1.